The van der Waals surface area contributed by atoms with Crippen LogP contribution < -0.4 is 4.74 Å². The number of hydrogen-bond acceptors (Lipinski definition) is 4. The van der Waals surface area contributed by atoms with Gasteiger partial charge in [0.2, 0.25) is 0 Å². The molecule has 3 aromatic rings. The lowest BCUT2D eigenvalue weighted by Crippen LogP contribution is -2.38. The summed E-state index contributed by atoms with van der Waals surface area (Å²) in [5.74, 6) is 1.36. The Morgan fingerprint density at radius 3 is 2.61 bits per heavy atom. The van der Waals surface area contributed by atoms with Crippen molar-refractivity contribution < 1.29 is 9.53 Å². The molecule has 0 saturated carbocycles. The summed E-state index contributed by atoms with van der Waals surface area (Å²) >= 11 is 1.58. The third-order valence-electron chi connectivity index (χ3n) is 5.47. The van der Waals surface area contributed by atoms with Gasteiger partial charge in [0.25, 0.3) is 5.91 Å². The molecule has 0 N–H and O–H groups in total. The summed E-state index contributed by atoms with van der Waals surface area (Å²) in [6.07, 6.45) is 0.893. The maximum Gasteiger partial charge on any atom is 0.254 e. The molecule has 2 aromatic carbocycles. The molecule has 1 atom stereocenters. The van der Waals surface area contributed by atoms with E-state index in [0.717, 1.165) is 34.0 Å². The number of nitrogens with zero attached hydrogens (tertiary/aromatic N) is 2. The summed E-state index contributed by atoms with van der Waals surface area (Å²) in [7, 11) is 0. The molecule has 164 valence electrons. The van der Waals surface area contributed by atoms with Crippen molar-refractivity contribution in [2.75, 3.05) is 0 Å². The molecule has 3 rings (SSSR count). The molecule has 0 radical (unpaired) electrons. The van der Waals surface area contributed by atoms with Crippen molar-refractivity contribution in [2.45, 2.75) is 66.2 Å². The van der Waals surface area contributed by atoms with Crippen LogP contribution in [-0.4, -0.2) is 21.8 Å². The van der Waals surface area contributed by atoms with Gasteiger partial charge in [-0.25, -0.2) is 4.98 Å². The van der Waals surface area contributed by atoms with Gasteiger partial charge in [-0.05, 0) is 49.9 Å². The summed E-state index contributed by atoms with van der Waals surface area (Å²) in [6.45, 7) is 11.5. The van der Waals surface area contributed by atoms with E-state index in [9.17, 15) is 4.79 Å². The minimum Gasteiger partial charge on any atom is -0.486 e. The highest BCUT2D eigenvalue weighted by atomic mass is 32.1. The van der Waals surface area contributed by atoms with Crippen molar-refractivity contribution in [3.05, 3.63) is 81.3 Å². The van der Waals surface area contributed by atoms with Crippen LogP contribution in [0, 0.1) is 6.92 Å². The summed E-state index contributed by atoms with van der Waals surface area (Å²) in [5.41, 5.74) is 3.92. The highest BCUT2D eigenvalue weighted by molar-refractivity contribution is 7.09. The second-order valence-electron chi connectivity index (χ2n) is 8.27. The number of amides is 1. The average Bonchev–Trinajstić information content (AvgIpc) is 3.22. The molecule has 1 aromatic heterocycles. The Bertz CT molecular complexity index is 1010. The summed E-state index contributed by atoms with van der Waals surface area (Å²) < 4.78 is 6.07. The van der Waals surface area contributed by atoms with Gasteiger partial charge in [-0.3, -0.25) is 4.79 Å². The molecule has 0 bridgehead atoms. The smallest absolute Gasteiger partial charge is 0.254 e. The number of hydrogen-bond donors (Lipinski definition) is 0. The SMILES string of the molecule is CC[C@@H](C)N(Cc1csc(COc2ccccc2C(C)C)n1)C(=O)c1cccc(C)c1. The van der Waals surface area contributed by atoms with Crippen molar-refractivity contribution in [1.29, 1.82) is 0 Å². The Kier molecular flexibility index (Phi) is 7.85. The number of para-hydroxylation sites is 1. The maximum atomic E-state index is 13.2. The molecule has 0 fully saturated rings. The number of thiazole rings is 1. The Morgan fingerprint density at radius 1 is 1.13 bits per heavy atom. The fraction of sp³-hybridized carbons (Fsp3) is 0.385. The Balaban J connectivity index is 1.71. The zero-order valence-corrected chi connectivity index (χ0v) is 19.9. The topological polar surface area (TPSA) is 42.4 Å². The zero-order chi connectivity index (χ0) is 22.4. The van der Waals surface area contributed by atoms with Crippen LogP contribution in [0.4, 0.5) is 0 Å². The summed E-state index contributed by atoms with van der Waals surface area (Å²) in [5, 5.41) is 2.95. The third kappa shape index (κ3) is 5.95. The van der Waals surface area contributed by atoms with Gasteiger partial charge in [0.05, 0.1) is 12.2 Å². The predicted molar refractivity (Wildman–Crippen MR) is 128 cm³/mol. The van der Waals surface area contributed by atoms with E-state index < -0.39 is 0 Å². The van der Waals surface area contributed by atoms with Gasteiger partial charge in [-0.15, -0.1) is 11.3 Å². The summed E-state index contributed by atoms with van der Waals surface area (Å²) in [4.78, 5) is 19.9. The number of ether oxygens (including phenoxy) is 1. The van der Waals surface area contributed by atoms with Crippen LogP contribution in [0.15, 0.2) is 53.9 Å². The zero-order valence-electron chi connectivity index (χ0n) is 19.1. The van der Waals surface area contributed by atoms with Crippen molar-refractivity contribution in [3.63, 3.8) is 0 Å². The van der Waals surface area contributed by atoms with Crippen molar-refractivity contribution >= 4 is 17.2 Å². The first-order valence-electron chi connectivity index (χ1n) is 10.9. The van der Waals surface area contributed by atoms with Gasteiger partial charge >= 0.3 is 0 Å². The lowest BCUT2D eigenvalue weighted by atomic mass is 10.0. The van der Waals surface area contributed by atoms with Gasteiger partial charge in [0, 0.05) is 17.0 Å². The molecule has 0 unspecified atom stereocenters. The molecule has 31 heavy (non-hydrogen) atoms. The van der Waals surface area contributed by atoms with E-state index in [0.29, 0.717) is 19.1 Å². The van der Waals surface area contributed by atoms with Gasteiger partial charge < -0.3 is 9.64 Å². The quantitative estimate of drug-likeness (QED) is 0.380. The molecule has 0 saturated heterocycles. The van der Waals surface area contributed by atoms with Gasteiger partial charge in [-0.1, -0.05) is 56.7 Å². The molecule has 0 spiro atoms. The van der Waals surface area contributed by atoms with Crippen LogP contribution in [0.25, 0.3) is 0 Å². The minimum atomic E-state index is 0.0507. The van der Waals surface area contributed by atoms with Gasteiger partial charge in [-0.2, -0.15) is 0 Å². The Morgan fingerprint density at radius 2 is 1.90 bits per heavy atom. The van der Waals surface area contributed by atoms with E-state index in [2.05, 4.69) is 33.8 Å². The molecule has 5 heteroatoms. The van der Waals surface area contributed by atoms with Crippen LogP contribution >= 0.6 is 11.3 Å². The standard InChI is InChI=1S/C26H32N2O2S/c1-6-20(5)28(26(29)21-11-9-10-19(4)14-21)15-22-17-31-25(27-22)16-30-24-13-8-7-12-23(24)18(2)3/h7-14,17-18,20H,6,15-16H2,1-5H3/t20-/m1/s1. The van der Waals surface area contributed by atoms with Crippen molar-refractivity contribution in [3.8, 4) is 5.75 Å². The van der Waals surface area contributed by atoms with Crippen LogP contribution in [0.2, 0.25) is 0 Å². The average molecular weight is 437 g/mol. The molecule has 1 amide bonds. The first-order valence-corrected chi connectivity index (χ1v) is 11.8. The molecule has 0 aliphatic rings. The highest BCUT2D eigenvalue weighted by Crippen LogP contribution is 2.27. The van der Waals surface area contributed by atoms with Crippen LogP contribution in [0.1, 0.15) is 72.2 Å². The molecule has 0 aliphatic heterocycles. The van der Waals surface area contributed by atoms with E-state index in [1.54, 1.807) is 11.3 Å². The van der Waals surface area contributed by atoms with Crippen LogP contribution in [-0.2, 0) is 13.2 Å². The van der Waals surface area contributed by atoms with Gasteiger partial charge in [0.1, 0.15) is 17.4 Å². The number of rotatable bonds is 9. The number of aromatic nitrogens is 1. The number of benzene rings is 2. The molecule has 4 nitrogen and oxygen atoms in total. The molecular weight excluding hydrogens is 404 g/mol. The van der Waals surface area contributed by atoms with Crippen LogP contribution in [0.3, 0.4) is 0 Å². The number of carbonyl (C=O) groups excluding carboxylic acids is 1. The Labute approximate surface area is 189 Å². The normalized spacial score (nSPS) is 12.1. The van der Waals surface area contributed by atoms with Crippen molar-refractivity contribution in [1.82, 2.24) is 9.88 Å². The van der Waals surface area contributed by atoms with Crippen molar-refractivity contribution in [2.24, 2.45) is 0 Å². The minimum absolute atomic E-state index is 0.0507. The number of aryl methyl sites for hydroxylation is 1. The highest BCUT2D eigenvalue weighted by Gasteiger charge is 2.22. The number of carbonyl (C=O) groups is 1. The fourth-order valence-corrected chi connectivity index (χ4v) is 4.18. The van der Waals surface area contributed by atoms with Crippen LogP contribution in [0.5, 0.6) is 5.75 Å². The fourth-order valence-electron chi connectivity index (χ4n) is 3.48. The van der Waals surface area contributed by atoms with E-state index in [1.165, 1.54) is 5.56 Å². The van der Waals surface area contributed by atoms with E-state index >= 15 is 0 Å². The van der Waals surface area contributed by atoms with E-state index in [4.69, 9.17) is 9.72 Å². The largest absolute Gasteiger partial charge is 0.486 e. The Hall–Kier alpha value is -2.66. The molecular formula is C26H32N2O2S. The maximum absolute atomic E-state index is 13.2. The van der Waals surface area contributed by atoms with E-state index in [-0.39, 0.29) is 11.9 Å². The summed E-state index contributed by atoms with van der Waals surface area (Å²) in [6, 6.07) is 16.1. The first kappa shape index (κ1) is 23.0. The lowest BCUT2D eigenvalue weighted by Gasteiger charge is -2.28. The lowest BCUT2D eigenvalue weighted by molar-refractivity contribution is 0.0669. The van der Waals surface area contributed by atoms with E-state index in [1.807, 2.05) is 59.7 Å². The predicted octanol–water partition coefficient (Wildman–Crippen LogP) is 6.59. The monoisotopic (exact) mass is 436 g/mol. The molecule has 1 heterocycles. The first-order chi connectivity index (χ1) is 14.9. The van der Waals surface area contributed by atoms with Gasteiger partial charge in [0.15, 0.2) is 0 Å². The third-order valence-corrected chi connectivity index (χ3v) is 6.34. The molecule has 0 aliphatic carbocycles. The second-order valence-corrected chi connectivity index (χ2v) is 9.22. The second kappa shape index (κ2) is 10.6.